The van der Waals surface area contributed by atoms with Gasteiger partial charge in [0, 0.05) is 23.8 Å². The second-order valence-electron chi connectivity index (χ2n) is 6.22. The minimum absolute atomic E-state index is 0.0788. The molecule has 0 saturated heterocycles. The van der Waals surface area contributed by atoms with Crippen molar-refractivity contribution < 1.29 is 9.53 Å². The van der Waals surface area contributed by atoms with E-state index in [9.17, 15) is 4.79 Å². The molecule has 0 saturated carbocycles. The Hall–Kier alpha value is -3.22. The average molecular weight is 349 g/mol. The SMILES string of the molecule is O=C(Cc1n[nH]c2c1CCCC2)Nc1ccc(Oc2ncccn2)cc1. The van der Waals surface area contributed by atoms with Gasteiger partial charge in [0.1, 0.15) is 5.75 Å². The van der Waals surface area contributed by atoms with E-state index in [0.29, 0.717) is 11.4 Å². The maximum absolute atomic E-state index is 12.3. The highest BCUT2D eigenvalue weighted by atomic mass is 16.5. The highest BCUT2D eigenvalue weighted by molar-refractivity contribution is 5.92. The van der Waals surface area contributed by atoms with Crippen molar-refractivity contribution in [2.75, 3.05) is 5.32 Å². The number of H-pyrrole nitrogens is 1. The van der Waals surface area contributed by atoms with Crippen LogP contribution >= 0.6 is 0 Å². The zero-order chi connectivity index (χ0) is 17.8. The van der Waals surface area contributed by atoms with Gasteiger partial charge in [0.15, 0.2) is 0 Å². The Kier molecular flexibility index (Phi) is 4.59. The van der Waals surface area contributed by atoms with Gasteiger partial charge in [0.25, 0.3) is 0 Å². The third-order valence-corrected chi connectivity index (χ3v) is 4.36. The summed E-state index contributed by atoms with van der Waals surface area (Å²) < 4.78 is 5.54. The molecule has 7 heteroatoms. The third-order valence-electron chi connectivity index (χ3n) is 4.36. The first-order valence-electron chi connectivity index (χ1n) is 8.68. The van der Waals surface area contributed by atoms with E-state index in [0.717, 1.165) is 25.0 Å². The number of carbonyl (C=O) groups is 1. The number of benzene rings is 1. The summed E-state index contributed by atoms with van der Waals surface area (Å²) in [5.74, 6) is 0.528. The van der Waals surface area contributed by atoms with Gasteiger partial charge in [-0.3, -0.25) is 9.89 Å². The van der Waals surface area contributed by atoms with Crippen molar-refractivity contribution in [1.29, 1.82) is 0 Å². The molecule has 0 aliphatic heterocycles. The minimum Gasteiger partial charge on any atom is -0.424 e. The first kappa shape index (κ1) is 16.3. The van der Waals surface area contributed by atoms with Gasteiger partial charge in [-0.1, -0.05) is 0 Å². The Balaban J connectivity index is 1.36. The Morgan fingerprint density at radius 3 is 2.69 bits per heavy atom. The zero-order valence-electron chi connectivity index (χ0n) is 14.2. The topological polar surface area (TPSA) is 92.8 Å². The van der Waals surface area contributed by atoms with Crippen molar-refractivity contribution >= 4 is 11.6 Å². The number of nitrogens with zero attached hydrogens (tertiary/aromatic N) is 3. The Morgan fingerprint density at radius 1 is 1.12 bits per heavy atom. The number of anilines is 1. The molecule has 1 amide bonds. The molecule has 0 atom stereocenters. The van der Waals surface area contributed by atoms with Gasteiger partial charge in [0.05, 0.1) is 12.1 Å². The number of hydrogen-bond donors (Lipinski definition) is 2. The van der Waals surface area contributed by atoms with Gasteiger partial charge in [-0.25, -0.2) is 9.97 Å². The smallest absolute Gasteiger partial charge is 0.321 e. The Labute approximate surface area is 150 Å². The molecule has 0 bridgehead atoms. The maximum Gasteiger partial charge on any atom is 0.321 e. The number of aromatic amines is 1. The second kappa shape index (κ2) is 7.35. The number of fused-ring (bicyclic) bond motifs is 1. The molecule has 4 rings (SSSR count). The lowest BCUT2D eigenvalue weighted by Gasteiger charge is -2.11. The lowest BCUT2D eigenvalue weighted by Crippen LogP contribution is -2.16. The van der Waals surface area contributed by atoms with Crippen LogP contribution < -0.4 is 10.1 Å². The van der Waals surface area contributed by atoms with E-state index in [1.807, 2.05) is 0 Å². The number of carbonyl (C=O) groups excluding carboxylic acids is 1. The first-order valence-corrected chi connectivity index (χ1v) is 8.68. The van der Waals surface area contributed by atoms with Crippen molar-refractivity contribution in [3.8, 4) is 11.8 Å². The minimum atomic E-state index is -0.0788. The average Bonchev–Trinajstić information content (AvgIpc) is 3.07. The number of aryl methyl sites for hydroxylation is 1. The fraction of sp³-hybridized carbons (Fsp3) is 0.263. The van der Waals surface area contributed by atoms with E-state index in [2.05, 4.69) is 25.5 Å². The summed E-state index contributed by atoms with van der Waals surface area (Å²) in [5, 5.41) is 10.3. The first-order chi connectivity index (χ1) is 12.8. The molecule has 3 aromatic rings. The molecule has 0 fully saturated rings. The predicted molar refractivity (Wildman–Crippen MR) is 96.1 cm³/mol. The lowest BCUT2D eigenvalue weighted by molar-refractivity contribution is -0.115. The number of hydrogen-bond acceptors (Lipinski definition) is 5. The van der Waals surface area contributed by atoms with Gasteiger partial charge < -0.3 is 10.1 Å². The van der Waals surface area contributed by atoms with Crippen molar-refractivity contribution in [1.82, 2.24) is 20.2 Å². The zero-order valence-corrected chi connectivity index (χ0v) is 14.2. The van der Waals surface area contributed by atoms with Crippen LogP contribution in [0.4, 0.5) is 5.69 Å². The molecular weight excluding hydrogens is 330 g/mol. The summed E-state index contributed by atoms with van der Waals surface area (Å²) in [6, 6.07) is 9.12. The van der Waals surface area contributed by atoms with Crippen molar-refractivity contribution in [2.45, 2.75) is 32.1 Å². The fourth-order valence-corrected chi connectivity index (χ4v) is 3.10. The standard InChI is InChI=1S/C19H19N5O2/c25-18(12-17-15-4-1-2-5-16(15)23-24-17)22-13-6-8-14(9-7-13)26-19-20-10-3-11-21-19/h3,6-11H,1-2,4-5,12H2,(H,22,25)(H,23,24). The monoisotopic (exact) mass is 349 g/mol. The van der Waals surface area contributed by atoms with Crippen LogP contribution in [0.1, 0.15) is 29.8 Å². The lowest BCUT2D eigenvalue weighted by atomic mass is 9.95. The molecule has 7 nitrogen and oxygen atoms in total. The summed E-state index contributed by atoms with van der Waals surface area (Å²) in [6.45, 7) is 0. The van der Waals surface area contributed by atoms with Gasteiger partial charge in [-0.05, 0) is 61.6 Å². The molecule has 0 radical (unpaired) electrons. The van der Waals surface area contributed by atoms with E-state index in [4.69, 9.17) is 4.74 Å². The van der Waals surface area contributed by atoms with Crippen molar-refractivity contribution in [2.24, 2.45) is 0 Å². The van der Waals surface area contributed by atoms with E-state index in [1.54, 1.807) is 42.7 Å². The van der Waals surface area contributed by atoms with Crippen molar-refractivity contribution in [3.63, 3.8) is 0 Å². The van der Waals surface area contributed by atoms with Gasteiger partial charge in [-0.15, -0.1) is 0 Å². The Morgan fingerprint density at radius 2 is 1.88 bits per heavy atom. The summed E-state index contributed by atoms with van der Waals surface area (Å²) in [5.41, 5.74) is 3.97. The molecule has 2 N–H and O–H groups in total. The van der Waals surface area contributed by atoms with E-state index in [-0.39, 0.29) is 18.3 Å². The molecule has 0 spiro atoms. The van der Waals surface area contributed by atoms with Crippen LogP contribution in [0, 0.1) is 0 Å². The van der Waals surface area contributed by atoms with Crippen LogP contribution in [0.2, 0.25) is 0 Å². The highest BCUT2D eigenvalue weighted by Gasteiger charge is 2.18. The molecule has 1 aromatic carbocycles. The summed E-state index contributed by atoms with van der Waals surface area (Å²) in [7, 11) is 0. The van der Waals surface area contributed by atoms with E-state index in [1.165, 1.54) is 17.7 Å². The molecule has 2 heterocycles. The number of nitrogens with one attached hydrogen (secondary N) is 2. The second-order valence-corrected chi connectivity index (χ2v) is 6.22. The van der Waals surface area contributed by atoms with Gasteiger partial charge >= 0.3 is 6.01 Å². The molecule has 0 unspecified atom stereocenters. The van der Waals surface area contributed by atoms with Crippen LogP contribution in [0.25, 0.3) is 0 Å². The van der Waals surface area contributed by atoms with Crippen LogP contribution in [-0.4, -0.2) is 26.1 Å². The van der Waals surface area contributed by atoms with Crippen LogP contribution in [-0.2, 0) is 24.1 Å². The quantitative estimate of drug-likeness (QED) is 0.738. The number of rotatable bonds is 5. The predicted octanol–water partition coefficient (Wildman–Crippen LogP) is 3.05. The van der Waals surface area contributed by atoms with E-state index < -0.39 is 0 Å². The Bertz CT molecular complexity index is 890. The van der Waals surface area contributed by atoms with Gasteiger partial charge in [0.2, 0.25) is 5.91 Å². The van der Waals surface area contributed by atoms with Gasteiger partial charge in [-0.2, -0.15) is 5.10 Å². The number of aromatic nitrogens is 4. The molecule has 132 valence electrons. The van der Waals surface area contributed by atoms with E-state index >= 15 is 0 Å². The van der Waals surface area contributed by atoms with Crippen molar-refractivity contribution in [3.05, 3.63) is 59.7 Å². The van der Waals surface area contributed by atoms with Crippen LogP contribution in [0.15, 0.2) is 42.7 Å². The molecule has 2 aromatic heterocycles. The molecule has 1 aliphatic carbocycles. The molecule has 26 heavy (non-hydrogen) atoms. The molecular formula is C19H19N5O2. The summed E-state index contributed by atoms with van der Waals surface area (Å²) >= 11 is 0. The summed E-state index contributed by atoms with van der Waals surface area (Å²) in [6.07, 6.45) is 7.88. The largest absolute Gasteiger partial charge is 0.424 e. The summed E-state index contributed by atoms with van der Waals surface area (Å²) in [4.78, 5) is 20.3. The number of ether oxygens (including phenoxy) is 1. The maximum atomic E-state index is 12.3. The van der Waals surface area contributed by atoms with Crippen LogP contribution in [0.5, 0.6) is 11.8 Å². The van der Waals surface area contributed by atoms with Crippen LogP contribution in [0.3, 0.4) is 0 Å². The normalized spacial score (nSPS) is 13.1. The molecule has 1 aliphatic rings. The fourth-order valence-electron chi connectivity index (χ4n) is 3.10. The third kappa shape index (κ3) is 3.72. The number of amides is 1. The highest BCUT2D eigenvalue weighted by Crippen LogP contribution is 2.23.